The molecule has 0 saturated heterocycles. The van der Waals surface area contributed by atoms with Gasteiger partial charge < -0.3 is 15.0 Å². The van der Waals surface area contributed by atoms with E-state index in [0.717, 1.165) is 21.2 Å². The van der Waals surface area contributed by atoms with E-state index >= 15 is 0 Å². The van der Waals surface area contributed by atoms with Crippen molar-refractivity contribution in [1.29, 1.82) is 0 Å². The quantitative estimate of drug-likeness (QED) is 0.372. The van der Waals surface area contributed by atoms with Crippen LogP contribution in [0.4, 0.5) is 4.39 Å². The Balaban J connectivity index is 1.90. The van der Waals surface area contributed by atoms with E-state index in [1.54, 1.807) is 18.2 Å². The monoisotopic (exact) mass is 540 g/mol. The zero-order valence-corrected chi connectivity index (χ0v) is 21.7. The van der Waals surface area contributed by atoms with Crippen LogP contribution in [0, 0.1) is 12.7 Å². The maximum absolute atomic E-state index is 13.5. The average Bonchev–Trinajstić information content (AvgIpc) is 2.83. The summed E-state index contributed by atoms with van der Waals surface area (Å²) in [4.78, 5) is 28.3. The molecule has 0 aliphatic heterocycles. The number of amides is 2. The lowest BCUT2D eigenvalue weighted by Crippen LogP contribution is -2.52. The van der Waals surface area contributed by atoms with Crippen molar-refractivity contribution >= 4 is 27.7 Å². The van der Waals surface area contributed by atoms with E-state index in [-0.39, 0.29) is 36.8 Å². The zero-order valence-electron chi connectivity index (χ0n) is 20.1. The minimum atomic E-state index is -0.771. The predicted molar refractivity (Wildman–Crippen MR) is 139 cm³/mol. The van der Waals surface area contributed by atoms with Crippen LogP contribution >= 0.6 is 15.9 Å². The van der Waals surface area contributed by atoms with Crippen LogP contribution < -0.4 is 10.1 Å². The third-order valence-electron chi connectivity index (χ3n) is 5.46. The van der Waals surface area contributed by atoms with Gasteiger partial charge in [0.2, 0.25) is 5.91 Å². The molecule has 0 aliphatic carbocycles. The van der Waals surface area contributed by atoms with Crippen molar-refractivity contribution in [3.05, 3.63) is 99.8 Å². The van der Waals surface area contributed by atoms with Crippen molar-refractivity contribution < 1.29 is 18.7 Å². The largest absolute Gasteiger partial charge is 0.484 e. The number of nitrogens with one attached hydrogen (secondary N) is 1. The van der Waals surface area contributed by atoms with Crippen LogP contribution in [-0.2, 0) is 22.6 Å². The molecule has 0 aromatic heterocycles. The van der Waals surface area contributed by atoms with Crippen molar-refractivity contribution in [2.75, 3.05) is 6.61 Å². The van der Waals surface area contributed by atoms with Crippen molar-refractivity contribution in [2.24, 2.45) is 0 Å². The Labute approximate surface area is 214 Å². The third kappa shape index (κ3) is 7.92. The lowest BCUT2D eigenvalue weighted by atomic mass is 10.0. The summed E-state index contributed by atoms with van der Waals surface area (Å²) in [7, 11) is 0. The van der Waals surface area contributed by atoms with Crippen molar-refractivity contribution in [3.63, 3.8) is 0 Å². The molecule has 3 aromatic rings. The Kier molecular flexibility index (Phi) is 9.43. The van der Waals surface area contributed by atoms with Gasteiger partial charge in [-0.2, -0.15) is 0 Å². The number of hydrogen-bond acceptors (Lipinski definition) is 3. The van der Waals surface area contributed by atoms with Gasteiger partial charge in [0.15, 0.2) is 6.61 Å². The lowest BCUT2D eigenvalue weighted by Gasteiger charge is -2.32. The molecular formula is C28H30BrFN2O3. The fraction of sp³-hybridized carbons (Fsp3) is 0.286. The molecule has 1 N–H and O–H groups in total. The number of rotatable bonds is 10. The molecular weight excluding hydrogens is 511 g/mol. The average molecular weight is 541 g/mol. The first-order valence-corrected chi connectivity index (χ1v) is 12.3. The van der Waals surface area contributed by atoms with E-state index in [1.807, 2.05) is 63.2 Å². The van der Waals surface area contributed by atoms with Gasteiger partial charge in [0.25, 0.3) is 5.91 Å². The van der Waals surface area contributed by atoms with Crippen LogP contribution in [-0.4, -0.2) is 35.4 Å². The summed E-state index contributed by atoms with van der Waals surface area (Å²) in [6, 6.07) is 20.1. The number of hydrogen-bond donors (Lipinski definition) is 1. The minimum Gasteiger partial charge on any atom is -0.484 e. The van der Waals surface area contributed by atoms with E-state index < -0.39 is 6.04 Å². The molecule has 0 spiro atoms. The van der Waals surface area contributed by atoms with Gasteiger partial charge in [-0.05, 0) is 67.8 Å². The highest BCUT2D eigenvalue weighted by Gasteiger charge is 2.31. The summed E-state index contributed by atoms with van der Waals surface area (Å²) in [5.41, 5.74) is 2.63. The molecule has 3 rings (SSSR count). The van der Waals surface area contributed by atoms with E-state index in [2.05, 4.69) is 21.2 Å². The van der Waals surface area contributed by atoms with Gasteiger partial charge in [0.1, 0.15) is 17.6 Å². The molecule has 0 saturated carbocycles. The zero-order chi connectivity index (χ0) is 25.4. The van der Waals surface area contributed by atoms with Gasteiger partial charge in [-0.3, -0.25) is 9.59 Å². The standard InChI is InChI=1S/C28H30BrFN2O3/c1-19(2)31-28(34)26(16-21-7-5-4-6-8-21)32(17-22-9-11-23(30)12-10-22)27(33)18-35-24-13-14-25(29)20(3)15-24/h4-15,19,26H,16-18H2,1-3H3,(H,31,34)/t26-/m0/s1. The molecule has 0 bridgehead atoms. The Bertz CT molecular complexity index is 1140. The predicted octanol–water partition coefficient (Wildman–Crippen LogP) is 5.44. The van der Waals surface area contributed by atoms with E-state index in [9.17, 15) is 14.0 Å². The highest BCUT2D eigenvalue weighted by molar-refractivity contribution is 9.10. The maximum Gasteiger partial charge on any atom is 0.261 e. The van der Waals surface area contributed by atoms with Crippen molar-refractivity contribution in [2.45, 2.75) is 45.8 Å². The summed E-state index contributed by atoms with van der Waals surface area (Å²) in [5, 5.41) is 2.94. The first-order chi connectivity index (χ1) is 16.7. The molecule has 3 aromatic carbocycles. The second-order valence-corrected chi connectivity index (χ2v) is 9.57. The Morgan fingerprint density at radius 3 is 2.31 bits per heavy atom. The third-order valence-corrected chi connectivity index (χ3v) is 6.35. The van der Waals surface area contributed by atoms with Crippen molar-refractivity contribution in [3.8, 4) is 5.75 Å². The first kappa shape index (κ1) is 26.4. The Morgan fingerprint density at radius 2 is 1.69 bits per heavy atom. The van der Waals surface area contributed by atoms with Gasteiger partial charge in [0, 0.05) is 23.5 Å². The molecule has 1 atom stereocenters. The summed E-state index contributed by atoms with van der Waals surface area (Å²) in [6.07, 6.45) is 0.337. The second-order valence-electron chi connectivity index (χ2n) is 8.72. The smallest absolute Gasteiger partial charge is 0.261 e. The number of carbonyl (C=O) groups excluding carboxylic acids is 2. The number of nitrogens with zero attached hydrogens (tertiary/aromatic N) is 1. The van der Waals surface area contributed by atoms with Crippen LogP contribution in [0.1, 0.15) is 30.5 Å². The first-order valence-electron chi connectivity index (χ1n) is 11.5. The number of halogens is 2. The van der Waals surface area contributed by atoms with E-state index in [1.165, 1.54) is 17.0 Å². The summed E-state index contributed by atoms with van der Waals surface area (Å²) in [6.45, 7) is 5.60. The fourth-order valence-electron chi connectivity index (χ4n) is 3.66. The number of aryl methyl sites for hydroxylation is 1. The van der Waals surface area contributed by atoms with E-state index in [4.69, 9.17) is 4.74 Å². The van der Waals surface area contributed by atoms with Gasteiger partial charge in [-0.25, -0.2) is 4.39 Å². The Hall–Kier alpha value is -3.19. The lowest BCUT2D eigenvalue weighted by molar-refractivity contribution is -0.143. The van der Waals surface area contributed by atoms with Crippen molar-refractivity contribution in [1.82, 2.24) is 10.2 Å². The normalized spacial score (nSPS) is 11.7. The molecule has 5 nitrogen and oxygen atoms in total. The Morgan fingerprint density at radius 1 is 1.00 bits per heavy atom. The maximum atomic E-state index is 13.5. The summed E-state index contributed by atoms with van der Waals surface area (Å²) in [5.74, 6) is -0.389. The minimum absolute atomic E-state index is 0.0921. The summed E-state index contributed by atoms with van der Waals surface area (Å²) < 4.78 is 20.2. The van der Waals surface area contributed by atoms with Gasteiger partial charge in [-0.15, -0.1) is 0 Å². The van der Waals surface area contributed by atoms with Gasteiger partial charge in [-0.1, -0.05) is 58.4 Å². The van der Waals surface area contributed by atoms with Crippen LogP contribution in [0.15, 0.2) is 77.3 Å². The molecule has 0 fully saturated rings. The fourth-order valence-corrected chi connectivity index (χ4v) is 3.90. The SMILES string of the molecule is Cc1cc(OCC(=O)N(Cc2ccc(F)cc2)[C@@H](Cc2ccccc2)C(=O)NC(C)C)ccc1Br. The van der Waals surface area contributed by atoms with E-state index in [0.29, 0.717) is 12.2 Å². The molecule has 2 amide bonds. The molecule has 0 radical (unpaired) electrons. The second kappa shape index (κ2) is 12.5. The highest BCUT2D eigenvalue weighted by atomic mass is 79.9. The highest BCUT2D eigenvalue weighted by Crippen LogP contribution is 2.22. The summed E-state index contributed by atoms with van der Waals surface area (Å²) >= 11 is 3.46. The molecule has 184 valence electrons. The molecule has 0 unspecified atom stereocenters. The van der Waals surface area contributed by atoms with Crippen LogP contribution in [0.2, 0.25) is 0 Å². The number of benzene rings is 3. The molecule has 7 heteroatoms. The molecule has 0 heterocycles. The topological polar surface area (TPSA) is 58.6 Å². The number of ether oxygens (including phenoxy) is 1. The van der Waals surface area contributed by atoms with Gasteiger partial charge >= 0.3 is 0 Å². The number of carbonyl (C=O) groups is 2. The molecule has 35 heavy (non-hydrogen) atoms. The van der Waals surface area contributed by atoms with Crippen LogP contribution in [0.5, 0.6) is 5.75 Å². The van der Waals surface area contributed by atoms with Crippen LogP contribution in [0.3, 0.4) is 0 Å². The molecule has 0 aliphatic rings. The van der Waals surface area contributed by atoms with Gasteiger partial charge in [0.05, 0.1) is 0 Å². The van der Waals surface area contributed by atoms with Crippen LogP contribution in [0.25, 0.3) is 0 Å².